The number of nitrogens with one attached hydrogen (secondary N) is 1. The fourth-order valence-electron chi connectivity index (χ4n) is 2.75. The van der Waals surface area contributed by atoms with Crippen LogP contribution in [0.3, 0.4) is 0 Å². The van der Waals surface area contributed by atoms with E-state index in [9.17, 15) is 4.79 Å². The maximum atomic E-state index is 12.5. The summed E-state index contributed by atoms with van der Waals surface area (Å²) >= 11 is 1.58. The molecule has 6 heteroatoms. The van der Waals surface area contributed by atoms with E-state index in [2.05, 4.69) is 34.0 Å². The van der Waals surface area contributed by atoms with E-state index in [1.165, 1.54) is 5.56 Å². The topological polar surface area (TPSA) is 61.9 Å². The Labute approximate surface area is 145 Å². The normalized spacial score (nSPS) is 11.1. The molecule has 0 radical (unpaired) electrons. The first-order chi connectivity index (χ1) is 11.5. The second-order valence-corrected chi connectivity index (χ2v) is 7.02. The number of H-pyrrole nitrogens is 1. The van der Waals surface area contributed by atoms with Gasteiger partial charge in [0.2, 0.25) is 5.91 Å². The van der Waals surface area contributed by atoms with Crippen LogP contribution in [-0.2, 0) is 17.6 Å². The molecule has 0 unspecified atom stereocenters. The SMILES string of the molecule is CCN(CCc1nc2ccc(C)cc2[nH]1)C(=O)Cc1csc(C)n1. The second kappa shape index (κ2) is 7.13. The van der Waals surface area contributed by atoms with Gasteiger partial charge in [0, 0.05) is 24.9 Å². The molecular formula is C18H22N4OS. The van der Waals surface area contributed by atoms with E-state index in [1.807, 2.05) is 30.2 Å². The lowest BCUT2D eigenvalue weighted by Gasteiger charge is -2.19. The van der Waals surface area contributed by atoms with Gasteiger partial charge < -0.3 is 9.88 Å². The van der Waals surface area contributed by atoms with Crippen molar-refractivity contribution in [2.45, 2.75) is 33.6 Å². The molecule has 3 aromatic rings. The van der Waals surface area contributed by atoms with E-state index in [4.69, 9.17) is 0 Å². The summed E-state index contributed by atoms with van der Waals surface area (Å²) in [6.07, 6.45) is 1.10. The van der Waals surface area contributed by atoms with Crippen LogP contribution in [0.15, 0.2) is 23.6 Å². The lowest BCUT2D eigenvalue weighted by Crippen LogP contribution is -2.34. The highest BCUT2D eigenvalue weighted by Gasteiger charge is 2.14. The third kappa shape index (κ3) is 3.82. The molecule has 0 saturated heterocycles. The summed E-state index contributed by atoms with van der Waals surface area (Å²) in [6.45, 7) is 7.39. The first-order valence-corrected chi connectivity index (χ1v) is 9.07. The minimum atomic E-state index is 0.120. The van der Waals surface area contributed by atoms with Crippen molar-refractivity contribution in [3.8, 4) is 0 Å². The average Bonchev–Trinajstić information content (AvgIpc) is 3.13. The number of nitrogens with zero attached hydrogens (tertiary/aromatic N) is 3. The van der Waals surface area contributed by atoms with Crippen LogP contribution in [0.5, 0.6) is 0 Å². The molecule has 0 atom stereocenters. The van der Waals surface area contributed by atoms with E-state index < -0.39 is 0 Å². The average molecular weight is 342 g/mol. The molecule has 24 heavy (non-hydrogen) atoms. The van der Waals surface area contributed by atoms with Gasteiger partial charge in [0.1, 0.15) is 5.82 Å². The number of fused-ring (bicyclic) bond motifs is 1. The number of likely N-dealkylation sites (N-methyl/N-ethyl adjacent to an activating group) is 1. The van der Waals surface area contributed by atoms with Crippen molar-refractivity contribution >= 4 is 28.3 Å². The summed E-state index contributed by atoms with van der Waals surface area (Å²) < 4.78 is 0. The Morgan fingerprint density at radius 3 is 2.83 bits per heavy atom. The molecule has 3 rings (SSSR count). The maximum absolute atomic E-state index is 12.5. The number of amides is 1. The fraction of sp³-hybridized carbons (Fsp3) is 0.389. The van der Waals surface area contributed by atoms with Crippen molar-refractivity contribution in [2.24, 2.45) is 0 Å². The number of aromatic nitrogens is 3. The minimum Gasteiger partial charge on any atom is -0.342 e. The summed E-state index contributed by atoms with van der Waals surface area (Å²) in [5.41, 5.74) is 4.10. The molecule has 1 aromatic carbocycles. The molecule has 0 spiro atoms. The third-order valence-electron chi connectivity index (χ3n) is 4.04. The quantitative estimate of drug-likeness (QED) is 0.748. The minimum absolute atomic E-state index is 0.120. The highest BCUT2D eigenvalue weighted by molar-refractivity contribution is 7.09. The third-order valence-corrected chi connectivity index (χ3v) is 4.86. The summed E-state index contributed by atoms with van der Waals surface area (Å²) in [6, 6.07) is 6.18. The van der Waals surface area contributed by atoms with Crippen molar-refractivity contribution in [2.75, 3.05) is 13.1 Å². The van der Waals surface area contributed by atoms with E-state index in [1.54, 1.807) is 11.3 Å². The maximum Gasteiger partial charge on any atom is 0.228 e. The first-order valence-electron chi connectivity index (χ1n) is 8.19. The summed E-state index contributed by atoms with van der Waals surface area (Å²) in [7, 11) is 0. The molecule has 0 fully saturated rings. The molecule has 0 saturated carbocycles. The smallest absolute Gasteiger partial charge is 0.228 e. The molecule has 0 aliphatic carbocycles. The Morgan fingerprint density at radius 1 is 1.29 bits per heavy atom. The first kappa shape index (κ1) is 16.6. The highest BCUT2D eigenvalue weighted by atomic mass is 32.1. The second-order valence-electron chi connectivity index (χ2n) is 5.96. The number of carbonyl (C=O) groups is 1. The molecule has 0 aliphatic heterocycles. The van der Waals surface area contributed by atoms with Crippen molar-refractivity contribution in [3.63, 3.8) is 0 Å². The van der Waals surface area contributed by atoms with Crippen LogP contribution in [0, 0.1) is 13.8 Å². The summed E-state index contributed by atoms with van der Waals surface area (Å²) in [5.74, 6) is 1.04. The van der Waals surface area contributed by atoms with Crippen molar-refractivity contribution in [3.05, 3.63) is 45.7 Å². The number of benzene rings is 1. The van der Waals surface area contributed by atoms with E-state index in [0.717, 1.165) is 34.0 Å². The Hall–Kier alpha value is -2.21. The zero-order chi connectivity index (χ0) is 17.1. The van der Waals surface area contributed by atoms with Gasteiger partial charge in [-0.2, -0.15) is 0 Å². The number of hydrogen-bond acceptors (Lipinski definition) is 4. The number of aryl methyl sites for hydroxylation is 2. The fourth-order valence-corrected chi connectivity index (χ4v) is 3.36. The van der Waals surface area contributed by atoms with Gasteiger partial charge in [-0.15, -0.1) is 11.3 Å². The van der Waals surface area contributed by atoms with Crippen LogP contribution >= 0.6 is 11.3 Å². The Balaban J connectivity index is 1.62. The standard InChI is InChI=1S/C18H22N4OS/c1-4-22(18(23)10-14-11-24-13(3)19-14)8-7-17-20-15-6-5-12(2)9-16(15)21-17/h5-6,9,11H,4,7-8,10H2,1-3H3,(H,20,21). The molecule has 1 amide bonds. The summed E-state index contributed by atoms with van der Waals surface area (Å²) in [5, 5.41) is 2.96. The van der Waals surface area contributed by atoms with Gasteiger partial charge in [-0.05, 0) is 38.5 Å². The lowest BCUT2D eigenvalue weighted by molar-refractivity contribution is -0.130. The van der Waals surface area contributed by atoms with Crippen molar-refractivity contribution in [1.82, 2.24) is 19.9 Å². The van der Waals surface area contributed by atoms with Crippen molar-refractivity contribution in [1.29, 1.82) is 0 Å². The van der Waals surface area contributed by atoms with Crippen LogP contribution in [0.25, 0.3) is 11.0 Å². The predicted octanol–water partition coefficient (Wildman–Crippen LogP) is 3.27. The molecule has 1 N–H and O–H groups in total. The lowest BCUT2D eigenvalue weighted by atomic mass is 10.2. The number of thiazole rings is 1. The molecule has 0 bridgehead atoms. The van der Waals surface area contributed by atoms with Crippen LogP contribution in [0.1, 0.15) is 29.0 Å². The van der Waals surface area contributed by atoms with Gasteiger partial charge >= 0.3 is 0 Å². The van der Waals surface area contributed by atoms with Crippen LogP contribution < -0.4 is 0 Å². The summed E-state index contributed by atoms with van der Waals surface area (Å²) in [4.78, 5) is 26.6. The highest BCUT2D eigenvalue weighted by Crippen LogP contribution is 2.14. The molecule has 2 heterocycles. The number of rotatable bonds is 6. The number of aromatic amines is 1. The zero-order valence-corrected chi connectivity index (χ0v) is 15.1. The molecule has 0 aliphatic rings. The van der Waals surface area contributed by atoms with Gasteiger partial charge in [-0.1, -0.05) is 6.07 Å². The number of hydrogen-bond donors (Lipinski definition) is 1. The van der Waals surface area contributed by atoms with E-state index in [-0.39, 0.29) is 5.91 Å². The molecule has 2 aromatic heterocycles. The Morgan fingerprint density at radius 2 is 2.12 bits per heavy atom. The van der Waals surface area contributed by atoms with Crippen LogP contribution in [0.4, 0.5) is 0 Å². The Kier molecular flexibility index (Phi) is 4.94. The van der Waals surface area contributed by atoms with Gasteiger partial charge in [-0.25, -0.2) is 9.97 Å². The Bertz CT molecular complexity index is 852. The van der Waals surface area contributed by atoms with Crippen molar-refractivity contribution < 1.29 is 4.79 Å². The van der Waals surface area contributed by atoms with Gasteiger partial charge in [0.25, 0.3) is 0 Å². The van der Waals surface area contributed by atoms with Gasteiger partial charge in [-0.3, -0.25) is 4.79 Å². The monoisotopic (exact) mass is 342 g/mol. The molecular weight excluding hydrogens is 320 g/mol. The van der Waals surface area contributed by atoms with E-state index >= 15 is 0 Å². The largest absolute Gasteiger partial charge is 0.342 e. The van der Waals surface area contributed by atoms with E-state index in [0.29, 0.717) is 19.5 Å². The molecule has 126 valence electrons. The van der Waals surface area contributed by atoms with Crippen LogP contribution in [0.2, 0.25) is 0 Å². The van der Waals surface area contributed by atoms with Crippen LogP contribution in [-0.4, -0.2) is 38.8 Å². The molecule has 5 nitrogen and oxygen atoms in total. The number of imidazole rings is 1. The van der Waals surface area contributed by atoms with Gasteiger partial charge in [0.15, 0.2) is 0 Å². The number of carbonyl (C=O) groups excluding carboxylic acids is 1. The zero-order valence-electron chi connectivity index (χ0n) is 14.3. The predicted molar refractivity (Wildman–Crippen MR) is 97.3 cm³/mol. The van der Waals surface area contributed by atoms with Gasteiger partial charge in [0.05, 0.1) is 28.2 Å².